The maximum atomic E-state index is 12.0. The van der Waals surface area contributed by atoms with Gasteiger partial charge in [-0.25, -0.2) is 5.01 Å². The zero-order chi connectivity index (χ0) is 14.9. The SMILES string of the molecule is CN(C)Sc1ccc(C2=NN(C)C(=O)C2(C)NO)cc1. The van der Waals surface area contributed by atoms with Gasteiger partial charge >= 0.3 is 0 Å². The Morgan fingerprint density at radius 2 is 1.95 bits per heavy atom. The van der Waals surface area contributed by atoms with Gasteiger partial charge < -0.3 is 5.21 Å². The molecule has 0 radical (unpaired) electrons. The average molecular weight is 294 g/mol. The number of amides is 1. The molecule has 0 bridgehead atoms. The summed E-state index contributed by atoms with van der Waals surface area (Å²) in [4.78, 5) is 13.1. The van der Waals surface area contributed by atoms with Crippen molar-refractivity contribution in [3.8, 4) is 0 Å². The monoisotopic (exact) mass is 294 g/mol. The quantitative estimate of drug-likeness (QED) is 0.644. The molecule has 7 heteroatoms. The molecular weight excluding hydrogens is 276 g/mol. The predicted molar refractivity (Wildman–Crippen MR) is 78.6 cm³/mol. The van der Waals surface area contributed by atoms with Crippen LogP contribution in [0, 0.1) is 0 Å². The summed E-state index contributed by atoms with van der Waals surface area (Å²) in [6.07, 6.45) is 0. The van der Waals surface area contributed by atoms with Crippen molar-refractivity contribution in [2.45, 2.75) is 17.4 Å². The van der Waals surface area contributed by atoms with Crippen LogP contribution in [0.25, 0.3) is 0 Å². The maximum Gasteiger partial charge on any atom is 0.270 e. The van der Waals surface area contributed by atoms with E-state index in [0.29, 0.717) is 5.71 Å². The van der Waals surface area contributed by atoms with Crippen LogP contribution in [-0.2, 0) is 4.79 Å². The van der Waals surface area contributed by atoms with Gasteiger partial charge in [-0.15, -0.1) is 0 Å². The van der Waals surface area contributed by atoms with E-state index in [4.69, 9.17) is 0 Å². The van der Waals surface area contributed by atoms with Crippen molar-refractivity contribution in [1.82, 2.24) is 14.8 Å². The Labute approximate surface area is 122 Å². The first-order valence-electron chi connectivity index (χ1n) is 6.12. The lowest BCUT2D eigenvalue weighted by Gasteiger charge is -2.21. The Morgan fingerprint density at radius 1 is 1.35 bits per heavy atom. The molecule has 6 nitrogen and oxygen atoms in total. The summed E-state index contributed by atoms with van der Waals surface area (Å²) >= 11 is 1.61. The van der Waals surface area contributed by atoms with E-state index < -0.39 is 5.54 Å². The van der Waals surface area contributed by atoms with Crippen LogP contribution in [0.4, 0.5) is 0 Å². The number of carbonyl (C=O) groups is 1. The summed E-state index contributed by atoms with van der Waals surface area (Å²) in [5.41, 5.74) is 2.19. The van der Waals surface area contributed by atoms with Crippen molar-refractivity contribution >= 4 is 23.6 Å². The van der Waals surface area contributed by atoms with Crippen LogP contribution < -0.4 is 5.48 Å². The molecule has 1 aromatic rings. The zero-order valence-electron chi connectivity index (χ0n) is 11.9. The van der Waals surface area contributed by atoms with Gasteiger partial charge in [-0.1, -0.05) is 12.1 Å². The normalized spacial score (nSPS) is 22.6. The number of likely N-dealkylation sites (N-methyl/N-ethyl adjacent to an activating group) is 1. The van der Waals surface area contributed by atoms with Crippen LogP contribution in [0.2, 0.25) is 0 Å². The first-order valence-corrected chi connectivity index (χ1v) is 6.90. The molecule has 0 aromatic heterocycles. The topological polar surface area (TPSA) is 68.2 Å². The van der Waals surface area contributed by atoms with Gasteiger partial charge in [0, 0.05) is 17.5 Å². The second kappa shape index (κ2) is 5.53. The van der Waals surface area contributed by atoms with Crippen LogP contribution in [0.15, 0.2) is 34.3 Å². The molecule has 1 aliphatic heterocycles. The third-order valence-corrected chi connectivity index (χ3v) is 3.93. The number of carbonyl (C=O) groups excluding carboxylic acids is 1. The van der Waals surface area contributed by atoms with Gasteiger partial charge in [-0.2, -0.15) is 10.6 Å². The summed E-state index contributed by atoms with van der Waals surface area (Å²) in [7, 11) is 5.52. The number of hydrogen-bond acceptors (Lipinski definition) is 6. The lowest BCUT2D eigenvalue weighted by atomic mass is 9.91. The molecule has 1 heterocycles. The first kappa shape index (κ1) is 15.0. The number of hydroxylamine groups is 1. The van der Waals surface area contributed by atoms with Gasteiger partial charge in [0.25, 0.3) is 5.91 Å². The second-order valence-electron chi connectivity index (χ2n) is 4.94. The molecule has 0 fully saturated rings. The van der Waals surface area contributed by atoms with Gasteiger partial charge in [-0.3, -0.25) is 9.10 Å². The fourth-order valence-corrected chi connectivity index (χ4v) is 2.73. The molecule has 1 aliphatic rings. The third kappa shape index (κ3) is 2.57. The van der Waals surface area contributed by atoms with Gasteiger partial charge in [0.2, 0.25) is 0 Å². The number of hydrogen-bond donors (Lipinski definition) is 2. The van der Waals surface area contributed by atoms with Crippen LogP contribution in [0.1, 0.15) is 12.5 Å². The Morgan fingerprint density at radius 3 is 2.45 bits per heavy atom. The molecule has 1 atom stereocenters. The molecule has 2 rings (SSSR count). The summed E-state index contributed by atoms with van der Waals surface area (Å²) in [6.45, 7) is 1.61. The molecular formula is C13H18N4O2S. The van der Waals surface area contributed by atoms with Crippen molar-refractivity contribution in [2.24, 2.45) is 5.10 Å². The van der Waals surface area contributed by atoms with Gasteiger partial charge in [0.1, 0.15) is 0 Å². The van der Waals surface area contributed by atoms with Crippen LogP contribution >= 0.6 is 11.9 Å². The summed E-state index contributed by atoms with van der Waals surface area (Å²) in [5, 5.41) is 14.8. The Balaban J connectivity index is 2.31. The summed E-state index contributed by atoms with van der Waals surface area (Å²) in [6, 6.07) is 7.71. The lowest BCUT2D eigenvalue weighted by molar-refractivity contribution is -0.134. The molecule has 0 saturated carbocycles. The van der Waals surface area contributed by atoms with Crippen molar-refractivity contribution in [3.05, 3.63) is 29.8 Å². The molecule has 1 amide bonds. The van der Waals surface area contributed by atoms with E-state index in [9.17, 15) is 10.0 Å². The highest BCUT2D eigenvalue weighted by Crippen LogP contribution is 2.26. The highest BCUT2D eigenvalue weighted by Gasteiger charge is 2.46. The number of benzene rings is 1. The van der Waals surface area contributed by atoms with E-state index >= 15 is 0 Å². The minimum atomic E-state index is -1.20. The largest absolute Gasteiger partial charge is 0.315 e. The van der Waals surface area contributed by atoms with Crippen molar-refractivity contribution in [2.75, 3.05) is 21.1 Å². The molecule has 0 saturated heterocycles. The highest BCUT2D eigenvalue weighted by atomic mass is 32.2. The number of hydrazone groups is 1. The molecule has 0 spiro atoms. The van der Waals surface area contributed by atoms with E-state index in [1.54, 1.807) is 25.9 Å². The Hall–Kier alpha value is -1.41. The molecule has 108 valence electrons. The maximum absolute atomic E-state index is 12.0. The van der Waals surface area contributed by atoms with Gasteiger partial charge in [0.05, 0.1) is 5.71 Å². The summed E-state index contributed by atoms with van der Waals surface area (Å²) < 4.78 is 2.00. The standard InChI is InChI=1S/C13H18N4O2S/c1-13(15-19)11(14-17(4)12(13)18)9-5-7-10(8-6-9)20-16(2)3/h5-8,15,19H,1-4H3. The Kier molecular flexibility index (Phi) is 4.14. The van der Waals surface area contributed by atoms with Gasteiger partial charge in [0.15, 0.2) is 5.54 Å². The van der Waals surface area contributed by atoms with Crippen LogP contribution in [0.5, 0.6) is 0 Å². The van der Waals surface area contributed by atoms with E-state index in [1.807, 2.05) is 42.7 Å². The van der Waals surface area contributed by atoms with Gasteiger partial charge in [-0.05, 0) is 45.1 Å². The van der Waals surface area contributed by atoms with Crippen molar-refractivity contribution in [3.63, 3.8) is 0 Å². The van der Waals surface area contributed by atoms with Crippen LogP contribution in [0.3, 0.4) is 0 Å². The fourth-order valence-electron chi connectivity index (χ4n) is 2.05. The smallest absolute Gasteiger partial charge is 0.270 e. The first-order chi connectivity index (χ1) is 9.38. The minimum Gasteiger partial charge on any atom is -0.315 e. The van der Waals surface area contributed by atoms with E-state index in [2.05, 4.69) is 10.6 Å². The molecule has 0 aliphatic carbocycles. The average Bonchev–Trinajstić information content (AvgIpc) is 2.64. The van der Waals surface area contributed by atoms with Crippen LogP contribution in [-0.4, -0.2) is 52.8 Å². The zero-order valence-corrected chi connectivity index (χ0v) is 12.7. The molecule has 2 N–H and O–H groups in total. The molecule has 1 unspecified atom stereocenters. The van der Waals surface area contributed by atoms with Crippen molar-refractivity contribution < 1.29 is 10.0 Å². The predicted octanol–water partition coefficient (Wildman–Crippen LogP) is 1.17. The number of nitrogens with one attached hydrogen (secondary N) is 1. The number of rotatable bonds is 4. The van der Waals surface area contributed by atoms with E-state index in [0.717, 1.165) is 10.5 Å². The second-order valence-corrected chi connectivity index (χ2v) is 6.33. The van der Waals surface area contributed by atoms with E-state index in [1.165, 1.54) is 5.01 Å². The van der Waals surface area contributed by atoms with E-state index in [-0.39, 0.29) is 5.91 Å². The molecule has 20 heavy (non-hydrogen) atoms. The Bertz CT molecular complexity index is 544. The fraction of sp³-hybridized carbons (Fsp3) is 0.385. The summed E-state index contributed by atoms with van der Waals surface area (Å²) in [5.74, 6) is -0.290. The van der Waals surface area contributed by atoms with Crippen molar-refractivity contribution in [1.29, 1.82) is 0 Å². The lowest BCUT2D eigenvalue weighted by Crippen LogP contribution is -2.53. The minimum absolute atomic E-state index is 0.290. The number of nitrogens with zero attached hydrogens (tertiary/aromatic N) is 3. The molecule has 1 aromatic carbocycles. The third-order valence-electron chi connectivity index (χ3n) is 3.08. The highest BCUT2D eigenvalue weighted by molar-refractivity contribution is 7.97.